The standard InChI is InChI=1S/C27H37F3O6S.Li/c1-7-8-9-10-13-25(3,4)18-14-22(34-17(2)31)24-20-16-19(36-37(32,33)27(28,29)30)11-12-21(20)26(5,6)35-23(24)15-18;/h11,14-15,20-21H,7-10,12-13,16H2,1-6H3;/t20-,21-;/m1./s1. The average Bonchev–Trinajstić information content (AvgIpc) is 2.74. The molecule has 209 valence electrons. The summed E-state index contributed by atoms with van der Waals surface area (Å²) in [5.41, 5.74) is -5.01. The van der Waals surface area contributed by atoms with Gasteiger partial charge in [-0.15, -0.1) is 0 Å². The summed E-state index contributed by atoms with van der Waals surface area (Å²) in [5.74, 6) is -0.727. The van der Waals surface area contributed by atoms with Crippen molar-refractivity contribution < 1.29 is 40.0 Å². The molecule has 0 aromatic heterocycles. The van der Waals surface area contributed by atoms with Crippen LogP contribution in [0.3, 0.4) is 0 Å². The van der Waals surface area contributed by atoms with Crippen molar-refractivity contribution in [3.63, 3.8) is 0 Å². The molecule has 3 rings (SSSR count). The van der Waals surface area contributed by atoms with Crippen molar-refractivity contribution in [1.82, 2.24) is 0 Å². The Morgan fingerprint density at radius 2 is 1.82 bits per heavy atom. The fourth-order valence-corrected chi connectivity index (χ4v) is 5.88. The molecule has 0 amide bonds. The number of hydrogen-bond donors (Lipinski definition) is 0. The Bertz CT molecular complexity index is 1160. The van der Waals surface area contributed by atoms with Gasteiger partial charge in [-0.25, -0.2) is 0 Å². The second-order valence-corrected chi connectivity index (χ2v) is 12.7. The first-order valence-corrected chi connectivity index (χ1v) is 14.1. The fraction of sp³-hybridized carbons (Fsp3) is 0.667. The number of halogens is 3. The summed E-state index contributed by atoms with van der Waals surface area (Å²) >= 11 is 0. The predicted octanol–water partition coefficient (Wildman–Crippen LogP) is 6.89. The van der Waals surface area contributed by atoms with Crippen molar-refractivity contribution in [2.24, 2.45) is 5.92 Å². The Morgan fingerprint density at radius 1 is 1.16 bits per heavy atom. The van der Waals surface area contributed by atoms with Crippen LogP contribution in [-0.2, 0) is 24.5 Å². The largest absolute Gasteiger partial charge is 0.534 e. The molecule has 1 aromatic carbocycles. The zero-order chi connectivity index (χ0) is 27.8. The van der Waals surface area contributed by atoms with Gasteiger partial charge in [0.2, 0.25) is 0 Å². The van der Waals surface area contributed by atoms with E-state index in [2.05, 4.69) is 25.0 Å². The minimum absolute atomic E-state index is 0. The molecular formula is C27H37F3LiO6S. The Morgan fingerprint density at radius 3 is 2.39 bits per heavy atom. The van der Waals surface area contributed by atoms with Crippen LogP contribution in [0.4, 0.5) is 13.2 Å². The number of ether oxygens (including phenoxy) is 2. The number of carbonyl (C=O) groups is 1. The van der Waals surface area contributed by atoms with Crippen LogP contribution < -0.4 is 9.47 Å². The molecule has 38 heavy (non-hydrogen) atoms. The van der Waals surface area contributed by atoms with E-state index in [0.29, 0.717) is 11.3 Å². The minimum atomic E-state index is -5.79. The molecule has 11 heteroatoms. The van der Waals surface area contributed by atoms with Gasteiger partial charge in [0.15, 0.2) is 0 Å². The number of rotatable bonds is 9. The van der Waals surface area contributed by atoms with E-state index >= 15 is 0 Å². The first-order chi connectivity index (χ1) is 17.0. The number of benzene rings is 1. The van der Waals surface area contributed by atoms with Gasteiger partial charge in [-0.2, -0.15) is 21.6 Å². The molecular weight excluding hydrogens is 516 g/mol. The summed E-state index contributed by atoms with van der Waals surface area (Å²) in [4.78, 5) is 12.1. The predicted molar refractivity (Wildman–Crippen MR) is 140 cm³/mol. The van der Waals surface area contributed by atoms with Gasteiger partial charge in [-0.05, 0) is 55.9 Å². The van der Waals surface area contributed by atoms with Crippen LogP contribution in [0.5, 0.6) is 11.5 Å². The average molecular weight is 554 g/mol. The second kappa shape index (κ2) is 11.9. The van der Waals surface area contributed by atoms with Crippen molar-refractivity contribution in [1.29, 1.82) is 0 Å². The normalized spacial score (nSPS) is 20.7. The monoisotopic (exact) mass is 553 g/mol. The van der Waals surface area contributed by atoms with Crippen LogP contribution in [0, 0.1) is 5.92 Å². The Balaban J connectivity index is 0.00000507. The maximum absolute atomic E-state index is 13.0. The van der Waals surface area contributed by atoms with E-state index in [0.717, 1.165) is 37.7 Å². The molecule has 0 bridgehead atoms. The van der Waals surface area contributed by atoms with E-state index < -0.39 is 33.1 Å². The number of alkyl halides is 3. The van der Waals surface area contributed by atoms with Crippen LogP contribution in [-0.4, -0.2) is 44.4 Å². The van der Waals surface area contributed by atoms with Crippen LogP contribution in [0.15, 0.2) is 24.0 Å². The third-order valence-corrected chi connectivity index (χ3v) is 8.44. The number of esters is 1. The molecule has 0 spiro atoms. The number of carbonyl (C=O) groups excluding carboxylic acids is 1. The molecule has 1 heterocycles. The summed E-state index contributed by atoms with van der Waals surface area (Å²) < 4.78 is 78.8. The van der Waals surface area contributed by atoms with Gasteiger partial charge in [-0.1, -0.05) is 46.5 Å². The van der Waals surface area contributed by atoms with E-state index in [4.69, 9.17) is 9.47 Å². The summed E-state index contributed by atoms with van der Waals surface area (Å²) in [7, 11) is -5.79. The molecule has 2 atom stereocenters. The minimum Gasteiger partial charge on any atom is -0.487 e. The van der Waals surface area contributed by atoms with Crippen molar-refractivity contribution in [2.45, 2.75) is 109 Å². The number of hydrogen-bond acceptors (Lipinski definition) is 6. The molecule has 1 aromatic rings. The first kappa shape index (κ1) is 32.6. The summed E-state index contributed by atoms with van der Waals surface area (Å²) in [5, 5.41) is 0. The number of fused-ring (bicyclic) bond motifs is 3. The molecule has 0 saturated heterocycles. The topological polar surface area (TPSA) is 78.9 Å². The third kappa shape index (κ3) is 7.11. The van der Waals surface area contributed by atoms with Crippen molar-refractivity contribution in [3.8, 4) is 11.5 Å². The smallest absolute Gasteiger partial charge is 0.487 e. The van der Waals surface area contributed by atoms with Gasteiger partial charge in [0.05, 0.1) is 0 Å². The molecule has 1 radical (unpaired) electrons. The summed E-state index contributed by atoms with van der Waals surface area (Å²) in [6.45, 7) is 11.5. The molecule has 6 nitrogen and oxygen atoms in total. The van der Waals surface area contributed by atoms with Gasteiger partial charge in [0, 0.05) is 49.6 Å². The molecule has 1 aliphatic carbocycles. The van der Waals surface area contributed by atoms with Gasteiger partial charge in [0.25, 0.3) is 0 Å². The third-order valence-electron chi connectivity index (χ3n) is 7.44. The number of unbranched alkanes of at least 4 members (excludes halogenated alkanes) is 3. The first-order valence-electron chi connectivity index (χ1n) is 12.7. The van der Waals surface area contributed by atoms with Crippen LogP contribution in [0.1, 0.15) is 104 Å². The second-order valence-electron chi connectivity index (χ2n) is 11.2. The summed E-state index contributed by atoms with van der Waals surface area (Å²) in [6, 6.07) is 3.73. The van der Waals surface area contributed by atoms with E-state index in [-0.39, 0.29) is 54.5 Å². The van der Waals surface area contributed by atoms with E-state index in [1.165, 1.54) is 13.0 Å². The molecule has 0 fully saturated rings. The summed E-state index contributed by atoms with van der Waals surface area (Å²) in [6.07, 6.45) is 6.86. The number of allylic oxidation sites excluding steroid dienone is 2. The zero-order valence-corrected chi connectivity index (χ0v) is 24.1. The Hall–Kier alpha value is -1.63. The Kier molecular flexibility index (Phi) is 10.2. The molecule has 0 saturated carbocycles. The van der Waals surface area contributed by atoms with E-state index in [1.807, 2.05) is 26.0 Å². The van der Waals surface area contributed by atoms with Gasteiger partial charge >= 0.3 is 21.6 Å². The SMILES string of the molecule is CCCCCCC(C)(C)c1cc(OC(C)=O)c2c(c1)OC(C)(C)[C@@H]1CC=C(OS(=O)(=O)C(F)(F)F)C[C@@H]21.[Li]. The maximum Gasteiger partial charge on any atom is 0.534 e. The molecule has 0 N–H and O–H groups in total. The zero-order valence-electron chi connectivity index (χ0n) is 23.3. The molecule has 0 unspecified atom stereocenters. The van der Waals surface area contributed by atoms with Crippen LogP contribution in [0.25, 0.3) is 0 Å². The molecule has 2 aliphatic rings. The van der Waals surface area contributed by atoms with E-state index in [1.54, 1.807) is 0 Å². The van der Waals surface area contributed by atoms with Crippen molar-refractivity contribution in [3.05, 3.63) is 35.1 Å². The van der Waals surface area contributed by atoms with Crippen molar-refractivity contribution >= 4 is 34.9 Å². The van der Waals surface area contributed by atoms with Gasteiger partial charge in [-0.3, -0.25) is 4.79 Å². The van der Waals surface area contributed by atoms with Crippen molar-refractivity contribution in [2.75, 3.05) is 0 Å². The van der Waals surface area contributed by atoms with Crippen LogP contribution in [0.2, 0.25) is 0 Å². The Labute approximate surface area is 236 Å². The van der Waals surface area contributed by atoms with Crippen LogP contribution >= 0.6 is 0 Å². The van der Waals surface area contributed by atoms with Gasteiger partial charge in [0.1, 0.15) is 22.9 Å². The maximum atomic E-state index is 13.0. The van der Waals surface area contributed by atoms with E-state index in [9.17, 15) is 26.4 Å². The molecule has 1 aliphatic heterocycles. The van der Waals surface area contributed by atoms with Gasteiger partial charge < -0.3 is 13.7 Å². The quantitative estimate of drug-likeness (QED) is 0.0827. The fourth-order valence-electron chi connectivity index (χ4n) is 5.37.